The van der Waals surface area contributed by atoms with Gasteiger partial charge in [-0.2, -0.15) is 0 Å². The van der Waals surface area contributed by atoms with Crippen LogP contribution in [0.2, 0.25) is 5.02 Å². The first-order valence-corrected chi connectivity index (χ1v) is 5.74. The van der Waals surface area contributed by atoms with Crippen LogP contribution < -0.4 is 5.32 Å². The number of aromatic nitrogens is 4. The molecule has 17 heavy (non-hydrogen) atoms. The van der Waals surface area contributed by atoms with Crippen LogP contribution in [0.1, 0.15) is 11.4 Å². The number of rotatable bonds is 4. The van der Waals surface area contributed by atoms with E-state index >= 15 is 0 Å². The molecule has 0 unspecified atom stereocenters. The number of aryl methyl sites for hydroxylation is 1. The van der Waals surface area contributed by atoms with Crippen molar-refractivity contribution in [3.05, 3.63) is 35.1 Å². The molecule has 0 fully saturated rings. The third-order valence-corrected chi connectivity index (χ3v) is 2.80. The van der Waals surface area contributed by atoms with Crippen molar-refractivity contribution in [2.45, 2.75) is 20.4 Å². The van der Waals surface area contributed by atoms with E-state index in [4.69, 9.17) is 11.6 Å². The van der Waals surface area contributed by atoms with Gasteiger partial charge in [0.05, 0.1) is 29.4 Å². The monoisotopic (exact) mass is 251 g/mol. The van der Waals surface area contributed by atoms with Gasteiger partial charge in [0.15, 0.2) is 0 Å². The van der Waals surface area contributed by atoms with Crippen LogP contribution in [0.15, 0.2) is 18.7 Å². The van der Waals surface area contributed by atoms with Crippen LogP contribution in [-0.2, 0) is 6.54 Å². The predicted octanol–water partition coefficient (Wildman–Crippen LogP) is 2.06. The maximum absolute atomic E-state index is 5.70. The van der Waals surface area contributed by atoms with E-state index in [2.05, 4.69) is 31.8 Å². The molecule has 0 atom stereocenters. The zero-order valence-electron chi connectivity index (χ0n) is 9.81. The molecule has 0 aliphatic heterocycles. The van der Waals surface area contributed by atoms with Gasteiger partial charge in [-0.05, 0) is 13.8 Å². The van der Waals surface area contributed by atoms with E-state index in [-0.39, 0.29) is 0 Å². The maximum Gasteiger partial charge on any atom is 0.222 e. The molecular weight excluding hydrogens is 238 g/mol. The van der Waals surface area contributed by atoms with E-state index in [1.165, 1.54) is 5.69 Å². The minimum atomic E-state index is 0.539. The second-order valence-electron chi connectivity index (χ2n) is 3.76. The minimum Gasteiger partial charge on any atom is -0.352 e. The summed E-state index contributed by atoms with van der Waals surface area (Å²) in [5.41, 5.74) is 2.25. The fraction of sp³-hybridized carbons (Fsp3) is 0.364. The summed E-state index contributed by atoms with van der Waals surface area (Å²) in [4.78, 5) is 12.4. The highest BCUT2D eigenvalue weighted by molar-refractivity contribution is 6.30. The van der Waals surface area contributed by atoms with Crippen molar-refractivity contribution in [1.29, 1.82) is 0 Å². The summed E-state index contributed by atoms with van der Waals surface area (Å²) in [5, 5.41) is 3.67. The Morgan fingerprint density at radius 1 is 1.24 bits per heavy atom. The van der Waals surface area contributed by atoms with Gasteiger partial charge in [-0.1, -0.05) is 11.6 Å². The van der Waals surface area contributed by atoms with Crippen molar-refractivity contribution < 1.29 is 0 Å². The van der Waals surface area contributed by atoms with Gasteiger partial charge in [-0.25, -0.2) is 15.0 Å². The van der Waals surface area contributed by atoms with Crippen molar-refractivity contribution in [2.24, 2.45) is 0 Å². The van der Waals surface area contributed by atoms with Gasteiger partial charge in [0.2, 0.25) is 5.95 Å². The second kappa shape index (κ2) is 5.14. The molecule has 0 bridgehead atoms. The SMILES string of the molecule is Cc1ncn(CCNc2ncc(Cl)cn2)c1C. The van der Waals surface area contributed by atoms with Gasteiger partial charge >= 0.3 is 0 Å². The number of halogens is 1. The highest BCUT2D eigenvalue weighted by Gasteiger charge is 2.01. The van der Waals surface area contributed by atoms with Crippen LogP contribution in [0.5, 0.6) is 0 Å². The molecule has 0 aliphatic carbocycles. The lowest BCUT2D eigenvalue weighted by Crippen LogP contribution is -2.12. The Hall–Kier alpha value is -1.62. The molecule has 0 spiro atoms. The van der Waals surface area contributed by atoms with Crippen molar-refractivity contribution >= 4 is 17.5 Å². The molecule has 0 saturated heterocycles. The lowest BCUT2D eigenvalue weighted by atomic mass is 10.4. The van der Waals surface area contributed by atoms with Crippen LogP contribution in [0, 0.1) is 13.8 Å². The summed E-state index contributed by atoms with van der Waals surface area (Å²) >= 11 is 5.70. The highest BCUT2D eigenvalue weighted by atomic mass is 35.5. The van der Waals surface area contributed by atoms with Crippen molar-refractivity contribution in [3.63, 3.8) is 0 Å². The molecule has 6 heteroatoms. The quantitative estimate of drug-likeness (QED) is 0.904. The number of hydrogen-bond donors (Lipinski definition) is 1. The Balaban J connectivity index is 1.87. The standard InChI is InChI=1S/C11H14ClN5/c1-8-9(2)17(7-16-8)4-3-13-11-14-5-10(12)6-15-11/h5-7H,3-4H2,1-2H3,(H,13,14,15). The first-order valence-electron chi connectivity index (χ1n) is 5.36. The van der Waals surface area contributed by atoms with Gasteiger partial charge in [-0.3, -0.25) is 0 Å². The zero-order chi connectivity index (χ0) is 12.3. The Morgan fingerprint density at radius 2 is 1.94 bits per heavy atom. The molecule has 0 saturated carbocycles. The number of nitrogens with one attached hydrogen (secondary N) is 1. The molecular formula is C11H14ClN5. The Kier molecular flexibility index (Phi) is 3.58. The molecule has 0 aliphatic rings. The van der Waals surface area contributed by atoms with Crippen LogP contribution in [0.25, 0.3) is 0 Å². The molecule has 1 N–H and O–H groups in total. The van der Waals surface area contributed by atoms with E-state index in [1.54, 1.807) is 12.4 Å². The average molecular weight is 252 g/mol. The molecule has 90 valence electrons. The van der Waals surface area contributed by atoms with Crippen LogP contribution in [0.4, 0.5) is 5.95 Å². The van der Waals surface area contributed by atoms with Crippen LogP contribution in [-0.4, -0.2) is 26.1 Å². The first kappa shape index (κ1) is 11.9. The summed E-state index contributed by atoms with van der Waals surface area (Å²) in [7, 11) is 0. The lowest BCUT2D eigenvalue weighted by molar-refractivity contribution is 0.702. The van der Waals surface area contributed by atoms with Crippen LogP contribution in [0.3, 0.4) is 0 Å². The largest absolute Gasteiger partial charge is 0.352 e. The first-order chi connectivity index (χ1) is 8.16. The second-order valence-corrected chi connectivity index (χ2v) is 4.20. The fourth-order valence-electron chi connectivity index (χ4n) is 1.46. The summed E-state index contributed by atoms with van der Waals surface area (Å²) in [5.74, 6) is 0.587. The molecule has 2 aromatic rings. The maximum atomic E-state index is 5.70. The average Bonchev–Trinajstić information content (AvgIpc) is 2.64. The summed E-state index contributed by atoms with van der Waals surface area (Å²) in [6.07, 6.45) is 4.99. The van der Waals surface area contributed by atoms with Crippen molar-refractivity contribution in [2.75, 3.05) is 11.9 Å². The number of nitrogens with zero attached hydrogens (tertiary/aromatic N) is 4. The molecule has 0 radical (unpaired) electrons. The summed E-state index contributed by atoms with van der Waals surface area (Å²) in [6.45, 7) is 5.64. The van der Waals surface area contributed by atoms with Gasteiger partial charge < -0.3 is 9.88 Å². The molecule has 2 aromatic heterocycles. The summed E-state index contributed by atoms with van der Waals surface area (Å²) < 4.78 is 2.10. The molecule has 0 aromatic carbocycles. The number of imidazole rings is 1. The van der Waals surface area contributed by atoms with E-state index in [1.807, 2.05) is 13.3 Å². The van der Waals surface area contributed by atoms with Gasteiger partial charge in [-0.15, -0.1) is 0 Å². The van der Waals surface area contributed by atoms with Gasteiger partial charge in [0.25, 0.3) is 0 Å². The molecule has 0 amide bonds. The number of hydrogen-bond acceptors (Lipinski definition) is 4. The minimum absolute atomic E-state index is 0.539. The Morgan fingerprint density at radius 3 is 2.53 bits per heavy atom. The van der Waals surface area contributed by atoms with E-state index < -0.39 is 0 Å². The van der Waals surface area contributed by atoms with E-state index in [0.29, 0.717) is 11.0 Å². The predicted molar refractivity (Wildman–Crippen MR) is 67.2 cm³/mol. The third kappa shape index (κ3) is 2.94. The van der Waals surface area contributed by atoms with Crippen molar-refractivity contribution in [3.8, 4) is 0 Å². The molecule has 5 nitrogen and oxygen atoms in total. The van der Waals surface area contributed by atoms with Crippen molar-refractivity contribution in [1.82, 2.24) is 19.5 Å². The lowest BCUT2D eigenvalue weighted by Gasteiger charge is -2.07. The zero-order valence-corrected chi connectivity index (χ0v) is 10.6. The molecule has 2 heterocycles. The summed E-state index contributed by atoms with van der Waals surface area (Å²) in [6, 6.07) is 0. The third-order valence-electron chi connectivity index (χ3n) is 2.60. The Bertz CT molecular complexity index is 491. The fourth-order valence-corrected chi connectivity index (χ4v) is 1.56. The van der Waals surface area contributed by atoms with Crippen LogP contribution >= 0.6 is 11.6 Å². The highest BCUT2D eigenvalue weighted by Crippen LogP contribution is 2.06. The van der Waals surface area contributed by atoms with E-state index in [0.717, 1.165) is 18.8 Å². The molecule has 2 rings (SSSR count). The normalized spacial score (nSPS) is 10.5. The topological polar surface area (TPSA) is 55.6 Å². The Labute approximate surface area is 105 Å². The number of anilines is 1. The van der Waals surface area contributed by atoms with E-state index in [9.17, 15) is 0 Å². The smallest absolute Gasteiger partial charge is 0.222 e. The van der Waals surface area contributed by atoms with Gasteiger partial charge in [0.1, 0.15) is 0 Å². The van der Waals surface area contributed by atoms with Gasteiger partial charge in [0, 0.05) is 18.8 Å².